The average molecular weight is 955 g/mol. The molecule has 4 N–H and O–H groups in total. The first-order chi connectivity index (χ1) is 33.0. The molecule has 0 bridgehead atoms. The summed E-state index contributed by atoms with van der Waals surface area (Å²) in [6.07, 6.45) is 28.8. The molecular weight excluding hydrogens is 889 g/mol. The molecule has 0 atom stereocenters. The van der Waals surface area contributed by atoms with Crippen molar-refractivity contribution in [2.24, 2.45) is 5.92 Å². The minimum atomic E-state index is -0.109. The molecule has 352 valence electrons. The van der Waals surface area contributed by atoms with Crippen molar-refractivity contribution in [3.05, 3.63) is 86.2 Å². The van der Waals surface area contributed by atoms with Crippen molar-refractivity contribution >= 4 is 82.1 Å². The Bertz CT molecular complexity index is 2760. The lowest BCUT2D eigenvalue weighted by molar-refractivity contribution is 0.126. The van der Waals surface area contributed by atoms with E-state index in [9.17, 15) is 5.11 Å². The summed E-state index contributed by atoms with van der Waals surface area (Å²) in [5, 5.41) is 24.6. The van der Waals surface area contributed by atoms with Crippen LogP contribution in [-0.2, 0) is 45.1 Å². The summed E-state index contributed by atoms with van der Waals surface area (Å²) in [6, 6.07) is 12.3. The molecule has 1 saturated heterocycles. The van der Waals surface area contributed by atoms with Gasteiger partial charge in [-0.15, -0.1) is 34.0 Å². The highest BCUT2D eigenvalue weighted by molar-refractivity contribution is 7.19. The number of aromatic nitrogens is 6. The quantitative estimate of drug-likeness (QED) is 0.116. The largest absolute Gasteiger partial charge is 0.393 e. The van der Waals surface area contributed by atoms with Gasteiger partial charge < -0.3 is 21.1 Å². The van der Waals surface area contributed by atoms with E-state index in [1.807, 2.05) is 34.0 Å². The number of thiophene rings is 3. The summed E-state index contributed by atoms with van der Waals surface area (Å²) in [5.74, 6) is 4.06. The molecule has 6 aromatic heterocycles. The van der Waals surface area contributed by atoms with Crippen LogP contribution in [0, 0.1) is 5.92 Å². The van der Waals surface area contributed by atoms with Gasteiger partial charge in [-0.05, 0) is 157 Å². The maximum atomic E-state index is 9.64. The molecule has 6 aliphatic rings. The Morgan fingerprint density at radius 3 is 1.42 bits per heavy atom. The summed E-state index contributed by atoms with van der Waals surface area (Å²) < 4.78 is 0. The number of benzene rings is 1. The molecule has 7 heterocycles. The zero-order chi connectivity index (χ0) is 45.1. The van der Waals surface area contributed by atoms with E-state index in [0.717, 1.165) is 78.3 Å². The molecule has 5 aliphatic carbocycles. The molecule has 3 fully saturated rings. The second kappa shape index (κ2) is 20.7. The molecular formula is C53H66N10OS3. The Morgan fingerprint density at radius 2 is 0.925 bits per heavy atom. The molecule has 14 heteroatoms. The molecule has 11 nitrogen and oxygen atoms in total. The number of aryl methyl sites for hydroxylation is 6. The van der Waals surface area contributed by atoms with E-state index in [0.29, 0.717) is 18.1 Å². The number of piperidine rings is 1. The lowest BCUT2D eigenvalue weighted by Crippen LogP contribution is -2.38. The van der Waals surface area contributed by atoms with Crippen LogP contribution in [0.3, 0.4) is 0 Å². The zero-order valence-electron chi connectivity index (χ0n) is 39.1. The van der Waals surface area contributed by atoms with Gasteiger partial charge in [-0.2, -0.15) is 0 Å². The van der Waals surface area contributed by atoms with Crippen molar-refractivity contribution in [3.63, 3.8) is 0 Å². The van der Waals surface area contributed by atoms with Gasteiger partial charge in [-0.1, -0.05) is 37.3 Å². The number of aliphatic hydroxyl groups is 1. The topological polar surface area (TPSA) is 137 Å². The first-order valence-corrected chi connectivity index (χ1v) is 27.9. The number of nitrogens with one attached hydrogen (secondary N) is 3. The number of aliphatic hydroxyl groups excluding tert-OH is 1. The summed E-state index contributed by atoms with van der Waals surface area (Å²) in [4.78, 5) is 37.8. The van der Waals surface area contributed by atoms with Gasteiger partial charge in [0.05, 0.1) is 22.3 Å². The Hall–Kier alpha value is -4.34. The third-order valence-corrected chi connectivity index (χ3v) is 18.9. The Labute approximate surface area is 407 Å². The normalized spacial score (nSPS) is 22.9. The molecule has 67 heavy (non-hydrogen) atoms. The standard InChI is InChI=1S/C21H24N4S.C16H21N3OS.C16H21N3S/c1-2-5-15(6-3-1)13-25-11-9-16(10-12-25)24-20-19-17-7-4-8-18(17)26-21(19)23-14-22-20;20-11-7-5-10(6-8-11)19-15-14-12-3-1-2-4-13(12)21-16(14)18-9-17-15;1-10-5-7-11(8-6-10)19-15-14-12-3-2-4-13(12)20-16(14)18-9-17-15/h1-3,5-6,14,16H,4,7-13H2,(H,22,23,24);9-11,20H,1-8H2,(H,17,18,19);9-11H,2-8H2,1H3,(H,17,18,19). The lowest BCUT2D eigenvalue weighted by Gasteiger charge is -2.32. The smallest absolute Gasteiger partial charge is 0.138 e. The third kappa shape index (κ3) is 10.2. The van der Waals surface area contributed by atoms with Gasteiger partial charge in [-0.3, -0.25) is 4.90 Å². The molecule has 2 saturated carbocycles. The predicted octanol–water partition coefficient (Wildman–Crippen LogP) is 11.7. The van der Waals surface area contributed by atoms with Crippen LogP contribution in [-0.4, -0.2) is 77.2 Å². The number of rotatable bonds is 8. The average Bonchev–Trinajstić information content (AvgIpc) is 4.20. The van der Waals surface area contributed by atoms with Gasteiger partial charge in [0.2, 0.25) is 0 Å². The minimum Gasteiger partial charge on any atom is -0.393 e. The molecule has 0 radical (unpaired) electrons. The maximum absolute atomic E-state index is 9.64. The van der Waals surface area contributed by atoms with Crippen LogP contribution in [0.15, 0.2) is 49.3 Å². The highest BCUT2D eigenvalue weighted by Gasteiger charge is 2.27. The van der Waals surface area contributed by atoms with Crippen LogP contribution in [0.2, 0.25) is 0 Å². The van der Waals surface area contributed by atoms with Gasteiger partial charge in [0.1, 0.15) is 50.9 Å². The summed E-state index contributed by atoms with van der Waals surface area (Å²) in [7, 11) is 0. The number of nitrogens with zero attached hydrogens (tertiary/aromatic N) is 7. The number of anilines is 3. The molecule has 7 aromatic rings. The number of fused-ring (bicyclic) bond motifs is 9. The van der Waals surface area contributed by atoms with Crippen molar-refractivity contribution in [2.45, 2.75) is 166 Å². The van der Waals surface area contributed by atoms with Crippen LogP contribution in [0.25, 0.3) is 30.6 Å². The highest BCUT2D eigenvalue weighted by atomic mass is 32.1. The molecule has 13 rings (SSSR count). The van der Waals surface area contributed by atoms with Crippen LogP contribution >= 0.6 is 34.0 Å². The number of hydrogen-bond acceptors (Lipinski definition) is 14. The number of likely N-dealkylation sites (tertiary alicyclic amines) is 1. The molecule has 1 aliphatic heterocycles. The molecule has 0 unspecified atom stereocenters. The predicted molar refractivity (Wildman–Crippen MR) is 278 cm³/mol. The monoisotopic (exact) mass is 954 g/mol. The minimum absolute atomic E-state index is 0.109. The summed E-state index contributed by atoms with van der Waals surface area (Å²) >= 11 is 5.58. The summed E-state index contributed by atoms with van der Waals surface area (Å²) in [5.41, 5.74) is 5.93. The van der Waals surface area contributed by atoms with Crippen molar-refractivity contribution in [1.82, 2.24) is 34.8 Å². The van der Waals surface area contributed by atoms with Gasteiger partial charge in [0.25, 0.3) is 0 Å². The van der Waals surface area contributed by atoms with E-state index in [-0.39, 0.29) is 6.10 Å². The van der Waals surface area contributed by atoms with Gasteiger partial charge in [0.15, 0.2) is 0 Å². The Balaban J connectivity index is 0.000000112. The van der Waals surface area contributed by atoms with Gasteiger partial charge in [-0.25, -0.2) is 29.9 Å². The van der Waals surface area contributed by atoms with E-state index in [4.69, 9.17) is 0 Å². The molecule has 0 amide bonds. The van der Waals surface area contributed by atoms with Crippen molar-refractivity contribution in [2.75, 3.05) is 29.0 Å². The fraction of sp³-hybridized carbons (Fsp3) is 0.547. The first-order valence-electron chi connectivity index (χ1n) is 25.5. The third-order valence-electron chi connectivity index (χ3n) is 15.3. The molecule has 0 spiro atoms. The van der Waals surface area contributed by atoms with Crippen molar-refractivity contribution in [1.29, 1.82) is 0 Å². The van der Waals surface area contributed by atoms with E-state index in [2.05, 4.69) is 88.0 Å². The fourth-order valence-electron chi connectivity index (χ4n) is 11.6. The first kappa shape index (κ1) is 45.1. The van der Waals surface area contributed by atoms with Crippen LogP contribution in [0.4, 0.5) is 17.5 Å². The zero-order valence-corrected chi connectivity index (χ0v) is 41.5. The number of hydrogen-bond donors (Lipinski definition) is 4. The van der Waals surface area contributed by atoms with E-state index in [1.54, 1.807) is 23.9 Å². The fourth-order valence-corrected chi connectivity index (χ4v) is 15.2. The van der Waals surface area contributed by atoms with E-state index in [1.165, 1.54) is 156 Å². The van der Waals surface area contributed by atoms with Crippen molar-refractivity contribution in [3.8, 4) is 0 Å². The van der Waals surface area contributed by atoms with Crippen molar-refractivity contribution < 1.29 is 5.11 Å². The SMILES string of the molecule is CC1CCC(Nc2ncnc3sc4c(c23)CCC4)CC1.OC1CCC(Nc2ncnc3sc4c(c23)CCCC4)CC1.c1ccc(CN2CCC(Nc3ncnc4sc5c(c34)CCC5)CC2)cc1. The lowest BCUT2D eigenvalue weighted by atomic mass is 9.87. The van der Waals surface area contributed by atoms with Crippen LogP contribution in [0.1, 0.15) is 134 Å². The Kier molecular flexibility index (Phi) is 14.0. The second-order valence-corrected chi connectivity index (χ2v) is 23.3. The Morgan fingerprint density at radius 1 is 0.507 bits per heavy atom. The second-order valence-electron chi connectivity index (χ2n) is 20.1. The highest BCUT2D eigenvalue weighted by Crippen LogP contribution is 2.42. The maximum Gasteiger partial charge on any atom is 0.138 e. The van der Waals surface area contributed by atoms with Gasteiger partial charge in [0, 0.05) is 52.4 Å². The van der Waals surface area contributed by atoms with E-state index >= 15 is 0 Å². The van der Waals surface area contributed by atoms with Crippen LogP contribution < -0.4 is 16.0 Å². The van der Waals surface area contributed by atoms with Crippen LogP contribution in [0.5, 0.6) is 0 Å². The van der Waals surface area contributed by atoms with E-state index < -0.39 is 0 Å². The molecule has 1 aromatic carbocycles. The summed E-state index contributed by atoms with van der Waals surface area (Å²) in [6.45, 7) is 5.71. The van der Waals surface area contributed by atoms with Gasteiger partial charge >= 0.3 is 0 Å².